The Labute approximate surface area is 110 Å². The zero-order chi connectivity index (χ0) is 13.6. The molecule has 1 aliphatic carbocycles. The molecule has 106 valence electrons. The molecule has 1 rings (SSSR count). The van der Waals surface area contributed by atoms with Crippen molar-refractivity contribution >= 4 is 5.97 Å². The molecule has 1 unspecified atom stereocenters. The topological polar surface area (TPSA) is 47.6 Å². The van der Waals surface area contributed by atoms with Crippen LogP contribution in [0, 0.1) is 0 Å². The molecular weight excluding hydrogens is 230 g/mol. The number of hydrogen-bond acceptors (Lipinski definition) is 4. The molecular formula is C14H27NO3. The van der Waals surface area contributed by atoms with E-state index in [2.05, 4.69) is 5.32 Å². The maximum Gasteiger partial charge on any atom is 0.322 e. The fourth-order valence-corrected chi connectivity index (χ4v) is 2.48. The summed E-state index contributed by atoms with van der Waals surface area (Å²) in [6.45, 7) is 3.98. The molecule has 4 heteroatoms. The molecule has 0 spiro atoms. The van der Waals surface area contributed by atoms with Gasteiger partial charge in [-0.2, -0.15) is 0 Å². The van der Waals surface area contributed by atoms with Crippen LogP contribution in [0.25, 0.3) is 0 Å². The van der Waals surface area contributed by atoms with Crippen LogP contribution in [0.1, 0.15) is 52.4 Å². The molecule has 1 saturated carbocycles. The highest BCUT2D eigenvalue weighted by atomic mass is 16.5. The molecule has 18 heavy (non-hydrogen) atoms. The zero-order valence-electron chi connectivity index (χ0n) is 12.1. The van der Waals surface area contributed by atoms with Crippen molar-refractivity contribution in [3.8, 4) is 0 Å². The van der Waals surface area contributed by atoms with Gasteiger partial charge in [0.25, 0.3) is 0 Å². The minimum Gasteiger partial charge on any atom is -0.468 e. The summed E-state index contributed by atoms with van der Waals surface area (Å²) in [6, 6.07) is 0.170. The van der Waals surface area contributed by atoms with Crippen LogP contribution in [0.5, 0.6) is 0 Å². The first-order valence-corrected chi connectivity index (χ1v) is 6.87. The second-order valence-corrected chi connectivity index (χ2v) is 5.75. The molecule has 0 amide bonds. The van der Waals surface area contributed by atoms with Crippen molar-refractivity contribution in [1.29, 1.82) is 0 Å². The van der Waals surface area contributed by atoms with Crippen molar-refractivity contribution in [2.45, 2.75) is 70.1 Å². The van der Waals surface area contributed by atoms with Gasteiger partial charge in [-0.25, -0.2) is 0 Å². The maximum absolute atomic E-state index is 11.8. The smallest absolute Gasteiger partial charge is 0.322 e. The normalized spacial score (nSPS) is 19.6. The first kappa shape index (κ1) is 15.4. The van der Waals surface area contributed by atoms with E-state index >= 15 is 0 Å². The van der Waals surface area contributed by atoms with Gasteiger partial charge in [0.1, 0.15) is 6.04 Å². The van der Waals surface area contributed by atoms with E-state index in [9.17, 15) is 4.79 Å². The summed E-state index contributed by atoms with van der Waals surface area (Å²) in [6.07, 6.45) is 6.75. The molecule has 1 atom stereocenters. The van der Waals surface area contributed by atoms with Gasteiger partial charge in [0.2, 0.25) is 0 Å². The van der Waals surface area contributed by atoms with Gasteiger partial charge in [-0.15, -0.1) is 0 Å². The summed E-state index contributed by atoms with van der Waals surface area (Å²) in [5.74, 6) is -0.189. The van der Waals surface area contributed by atoms with E-state index in [1.165, 1.54) is 26.4 Å². The Morgan fingerprint density at radius 3 is 2.39 bits per heavy atom. The standard InChI is InChI=1S/C14H27NO3/c1-14(2,18-4)10-12(13(16)17-3)15-11-8-6-5-7-9-11/h11-12,15H,5-10H2,1-4H3. The second kappa shape index (κ2) is 7.10. The molecule has 0 aromatic rings. The number of carbonyl (C=O) groups is 1. The molecule has 0 radical (unpaired) electrons. The second-order valence-electron chi connectivity index (χ2n) is 5.75. The average Bonchev–Trinajstić information content (AvgIpc) is 2.38. The van der Waals surface area contributed by atoms with Gasteiger partial charge in [0.15, 0.2) is 0 Å². The zero-order valence-corrected chi connectivity index (χ0v) is 12.1. The monoisotopic (exact) mass is 257 g/mol. The third-order valence-electron chi connectivity index (χ3n) is 3.78. The molecule has 1 aliphatic rings. The highest BCUT2D eigenvalue weighted by molar-refractivity contribution is 5.75. The molecule has 0 saturated heterocycles. The van der Waals surface area contributed by atoms with E-state index in [-0.39, 0.29) is 17.6 Å². The number of hydrogen-bond donors (Lipinski definition) is 1. The third-order valence-corrected chi connectivity index (χ3v) is 3.78. The molecule has 0 bridgehead atoms. The minimum atomic E-state index is -0.319. The van der Waals surface area contributed by atoms with Gasteiger partial charge in [-0.05, 0) is 26.7 Å². The minimum absolute atomic E-state index is 0.189. The van der Waals surface area contributed by atoms with Crippen molar-refractivity contribution < 1.29 is 14.3 Å². The summed E-state index contributed by atoms with van der Waals surface area (Å²) in [7, 11) is 3.12. The SMILES string of the molecule is COC(=O)C(CC(C)(C)OC)NC1CCCCC1. The lowest BCUT2D eigenvalue weighted by Gasteiger charge is -2.31. The molecule has 0 aromatic carbocycles. The number of methoxy groups -OCH3 is 2. The van der Waals surface area contributed by atoms with E-state index in [0.29, 0.717) is 12.5 Å². The molecule has 0 aromatic heterocycles. The van der Waals surface area contributed by atoms with Crippen molar-refractivity contribution in [2.24, 2.45) is 0 Å². The summed E-state index contributed by atoms with van der Waals surface area (Å²) in [5, 5.41) is 3.44. The van der Waals surface area contributed by atoms with Crippen LogP contribution in [0.4, 0.5) is 0 Å². The largest absolute Gasteiger partial charge is 0.468 e. The Hall–Kier alpha value is -0.610. The van der Waals surface area contributed by atoms with E-state index in [4.69, 9.17) is 9.47 Å². The van der Waals surface area contributed by atoms with Crippen LogP contribution < -0.4 is 5.32 Å². The molecule has 4 nitrogen and oxygen atoms in total. The lowest BCUT2D eigenvalue weighted by molar-refractivity contribution is -0.145. The molecule has 1 fully saturated rings. The van der Waals surface area contributed by atoms with Gasteiger partial charge in [0, 0.05) is 19.6 Å². The quantitative estimate of drug-likeness (QED) is 0.742. The van der Waals surface area contributed by atoms with Crippen molar-refractivity contribution in [2.75, 3.05) is 14.2 Å². The Morgan fingerprint density at radius 2 is 1.89 bits per heavy atom. The highest BCUT2D eigenvalue weighted by Crippen LogP contribution is 2.21. The van der Waals surface area contributed by atoms with Crippen molar-refractivity contribution in [1.82, 2.24) is 5.32 Å². The Balaban J connectivity index is 2.57. The van der Waals surface area contributed by atoms with E-state index in [0.717, 1.165) is 12.8 Å². The Morgan fingerprint density at radius 1 is 1.28 bits per heavy atom. The van der Waals surface area contributed by atoms with Crippen LogP contribution >= 0.6 is 0 Å². The van der Waals surface area contributed by atoms with Crippen LogP contribution in [0.15, 0.2) is 0 Å². The van der Waals surface area contributed by atoms with Crippen LogP contribution in [0.3, 0.4) is 0 Å². The number of carbonyl (C=O) groups excluding carboxylic acids is 1. The van der Waals surface area contributed by atoms with Gasteiger partial charge in [0.05, 0.1) is 12.7 Å². The third kappa shape index (κ3) is 4.94. The predicted molar refractivity (Wildman–Crippen MR) is 71.5 cm³/mol. The van der Waals surface area contributed by atoms with Crippen LogP contribution in [-0.4, -0.2) is 37.9 Å². The first-order chi connectivity index (χ1) is 8.48. The molecule has 0 aliphatic heterocycles. The lowest BCUT2D eigenvalue weighted by atomic mass is 9.92. The summed E-state index contributed by atoms with van der Waals surface area (Å²) in [5.41, 5.74) is -0.319. The number of nitrogens with one attached hydrogen (secondary N) is 1. The van der Waals surface area contributed by atoms with Gasteiger partial charge in [-0.3, -0.25) is 4.79 Å². The lowest BCUT2D eigenvalue weighted by Crippen LogP contribution is -2.48. The number of ether oxygens (including phenoxy) is 2. The van der Waals surface area contributed by atoms with Crippen LogP contribution in [-0.2, 0) is 14.3 Å². The van der Waals surface area contributed by atoms with Crippen molar-refractivity contribution in [3.05, 3.63) is 0 Å². The van der Waals surface area contributed by atoms with E-state index < -0.39 is 0 Å². The van der Waals surface area contributed by atoms with Crippen LogP contribution in [0.2, 0.25) is 0 Å². The van der Waals surface area contributed by atoms with Crippen molar-refractivity contribution in [3.63, 3.8) is 0 Å². The molecule has 1 N–H and O–H groups in total. The predicted octanol–water partition coefficient (Wildman–Crippen LogP) is 2.27. The fraction of sp³-hybridized carbons (Fsp3) is 0.929. The number of esters is 1. The van der Waals surface area contributed by atoms with E-state index in [1.807, 2.05) is 13.8 Å². The maximum atomic E-state index is 11.8. The first-order valence-electron chi connectivity index (χ1n) is 6.87. The fourth-order valence-electron chi connectivity index (χ4n) is 2.48. The summed E-state index contributed by atoms with van der Waals surface area (Å²) >= 11 is 0. The van der Waals surface area contributed by atoms with Gasteiger partial charge < -0.3 is 14.8 Å². The highest BCUT2D eigenvalue weighted by Gasteiger charge is 2.30. The Bertz CT molecular complexity index is 260. The molecule has 0 heterocycles. The van der Waals surface area contributed by atoms with E-state index in [1.54, 1.807) is 7.11 Å². The Kier molecular flexibility index (Phi) is 6.09. The number of rotatable bonds is 6. The summed E-state index contributed by atoms with van der Waals surface area (Å²) in [4.78, 5) is 11.8. The van der Waals surface area contributed by atoms with Gasteiger partial charge in [-0.1, -0.05) is 19.3 Å². The summed E-state index contributed by atoms with van der Waals surface area (Å²) < 4.78 is 10.3. The van der Waals surface area contributed by atoms with Gasteiger partial charge >= 0.3 is 5.97 Å². The average molecular weight is 257 g/mol.